The van der Waals surface area contributed by atoms with Crippen LogP contribution in [0.15, 0.2) is 76.4 Å². The summed E-state index contributed by atoms with van der Waals surface area (Å²) in [6, 6.07) is 15.1. The highest BCUT2D eigenvalue weighted by atomic mass is 32.2. The molecule has 4 rings (SSSR count). The molecule has 9 heteroatoms. The van der Waals surface area contributed by atoms with Crippen LogP contribution < -0.4 is 10.3 Å². The van der Waals surface area contributed by atoms with E-state index in [-0.39, 0.29) is 11.2 Å². The Bertz CT molecular complexity index is 1450. The summed E-state index contributed by atoms with van der Waals surface area (Å²) in [6.45, 7) is 1.61. The van der Waals surface area contributed by atoms with E-state index in [4.69, 9.17) is 0 Å². The second kappa shape index (κ2) is 7.34. The molecule has 0 bridgehead atoms. The molecule has 1 heterocycles. The molecule has 0 saturated carbocycles. The van der Waals surface area contributed by atoms with E-state index in [1.807, 2.05) is 0 Å². The van der Waals surface area contributed by atoms with Gasteiger partial charge in [0.1, 0.15) is 22.4 Å². The maximum absolute atomic E-state index is 14.4. The maximum Gasteiger partial charge on any atom is 0.265 e. The molecule has 0 aliphatic rings. The van der Waals surface area contributed by atoms with E-state index in [1.165, 1.54) is 28.8 Å². The lowest BCUT2D eigenvalue weighted by molar-refractivity contribution is 0.569. The van der Waals surface area contributed by atoms with Crippen LogP contribution in [0.3, 0.4) is 0 Å². The molecule has 4 aromatic rings. The third-order valence-electron chi connectivity index (χ3n) is 4.52. The number of sulfonamides is 1. The Morgan fingerprint density at radius 3 is 2.40 bits per heavy atom. The molecule has 0 saturated heterocycles. The Labute approximate surface area is 170 Å². The molecule has 0 spiro atoms. The van der Waals surface area contributed by atoms with Crippen molar-refractivity contribution in [3.63, 3.8) is 0 Å². The first-order chi connectivity index (χ1) is 14.3. The molecule has 0 fully saturated rings. The summed E-state index contributed by atoms with van der Waals surface area (Å²) in [6.07, 6.45) is 0. The fourth-order valence-corrected chi connectivity index (χ4v) is 4.28. The van der Waals surface area contributed by atoms with E-state index in [0.717, 1.165) is 18.2 Å². The summed E-state index contributed by atoms with van der Waals surface area (Å²) in [4.78, 5) is 16.7. The number of anilines is 1. The number of halogens is 2. The van der Waals surface area contributed by atoms with E-state index in [2.05, 4.69) is 9.71 Å². The van der Waals surface area contributed by atoms with Crippen molar-refractivity contribution in [2.45, 2.75) is 11.8 Å². The first kappa shape index (κ1) is 19.7. The van der Waals surface area contributed by atoms with Crippen LogP contribution in [0.5, 0.6) is 0 Å². The molecule has 6 nitrogen and oxygen atoms in total. The van der Waals surface area contributed by atoms with Crippen molar-refractivity contribution in [3.8, 4) is 5.69 Å². The minimum absolute atomic E-state index is 0.211. The molecule has 152 valence electrons. The highest BCUT2D eigenvalue weighted by Gasteiger charge is 2.21. The number of rotatable bonds is 4. The van der Waals surface area contributed by atoms with E-state index >= 15 is 0 Å². The summed E-state index contributed by atoms with van der Waals surface area (Å²) < 4.78 is 56.7. The van der Waals surface area contributed by atoms with Gasteiger partial charge in [0.25, 0.3) is 15.6 Å². The molecule has 0 radical (unpaired) electrons. The minimum Gasteiger partial charge on any atom is -0.276 e. The molecule has 0 aliphatic heterocycles. The molecule has 3 aromatic carbocycles. The average Bonchev–Trinajstić information content (AvgIpc) is 2.70. The molecule has 1 N–H and O–H groups in total. The summed E-state index contributed by atoms with van der Waals surface area (Å²) in [5, 5.41) is 0.362. The molecular formula is C21H15F2N3O3S. The van der Waals surface area contributed by atoms with Gasteiger partial charge in [-0.25, -0.2) is 22.2 Å². The lowest BCUT2D eigenvalue weighted by Gasteiger charge is -2.14. The van der Waals surface area contributed by atoms with Crippen LogP contribution in [-0.4, -0.2) is 18.0 Å². The van der Waals surface area contributed by atoms with Crippen molar-refractivity contribution in [2.24, 2.45) is 0 Å². The Balaban J connectivity index is 1.83. The summed E-state index contributed by atoms with van der Waals surface area (Å²) >= 11 is 0. The van der Waals surface area contributed by atoms with E-state index in [1.54, 1.807) is 31.2 Å². The van der Waals surface area contributed by atoms with Crippen LogP contribution in [0.4, 0.5) is 14.5 Å². The van der Waals surface area contributed by atoms with Crippen molar-refractivity contribution in [3.05, 3.63) is 94.5 Å². The van der Waals surface area contributed by atoms with E-state index < -0.39 is 32.2 Å². The maximum atomic E-state index is 14.4. The molecule has 0 unspecified atom stereocenters. The van der Waals surface area contributed by atoms with Gasteiger partial charge in [-0.2, -0.15) is 0 Å². The smallest absolute Gasteiger partial charge is 0.265 e. The highest BCUT2D eigenvalue weighted by Crippen LogP contribution is 2.24. The number of benzene rings is 3. The van der Waals surface area contributed by atoms with Crippen molar-refractivity contribution >= 4 is 26.6 Å². The lowest BCUT2D eigenvalue weighted by Crippen LogP contribution is -2.22. The number of fused-ring (bicyclic) bond motifs is 1. The highest BCUT2D eigenvalue weighted by molar-refractivity contribution is 7.92. The number of hydrogen-bond acceptors (Lipinski definition) is 4. The third-order valence-corrected chi connectivity index (χ3v) is 5.92. The second-order valence-corrected chi connectivity index (χ2v) is 8.17. The Morgan fingerprint density at radius 2 is 1.63 bits per heavy atom. The fraction of sp³-hybridized carbons (Fsp3) is 0.0476. The van der Waals surface area contributed by atoms with Crippen LogP contribution in [0.1, 0.15) is 5.82 Å². The summed E-state index contributed by atoms with van der Waals surface area (Å²) in [7, 11) is -4.39. The van der Waals surface area contributed by atoms with Crippen LogP contribution >= 0.6 is 0 Å². The zero-order chi connectivity index (χ0) is 21.5. The Kier molecular flexibility index (Phi) is 4.83. The van der Waals surface area contributed by atoms with Crippen molar-refractivity contribution in [1.29, 1.82) is 0 Å². The Morgan fingerprint density at radius 1 is 0.933 bits per heavy atom. The first-order valence-corrected chi connectivity index (χ1v) is 10.3. The quantitative estimate of drug-likeness (QED) is 0.538. The minimum atomic E-state index is -4.39. The fourth-order valence-electron chi connectivity index (χ4n) is 3.14. The molecule has 0 aliphatic carbocycles. The topological polar surface area (TPSA) is 81.1 Å². The zero-order valence-electron chi connectivity index (χ0n) is 15.6. The molecule has 1 aromatic heterocycles. The molecule has 30 heavy (non-hydrogen) atoms. The van der Waals surface area contributed by atoms with Gasteiger partial charge in [-0.1, -0.05) is 24.3 Å². The monoisotopic (exact) mass is 427 g/mol. The third kappa shape index (κ3) is 3.43. The van der Waals surface area contributed by atoms with Gasteiger partial charge in [0.2, 0.25) is 0 Å². The number of nitrogens with one attached hydrogen (secondary N) is 1. The van der Waals surface area contributed by atoms with E-state index in [0.29, 0.717) is 16.7 Å². The lowest BCUT2D eigenvalue weighted by atomic mass is 10.2. The molecule has 0 amide bonds. The van der Waals surface area contributed by atoms with Crippen LogP contribution in [0.25, 0.3) is 16.6 Å². The van der Waals surface area contributed by atoms with Crippen LogP contribution in [0, 0.1) is 18.6 Å². The Hall–Kier alpha value is -3.59. The van der Waals surface area contributed by atoms with Crippen LogP contribution in [-0.2, 0) is 10.0 Å². The predicted octanol–water partition coefficient (Wildman–Crippen LogP) is 3.77. The zero-order valence-corrected chi connectivity index (χ0v) is 16.5. The molecular weight excluding hydrogens is 412 g/mol. The van der Waals surface area contributed by atoms with E-state index in [9.17, 15) is 22.0 Å². The number of hydrogen-bond donors (Lipinski definition) is 1. The van der Waals surface area contributed by atoms with Crippen molar-refractivity contribution in [1.82, 2.24) is 9.55 Å². The molecule has 0 atom stereocenters. The summed E-state index contributed by atoms with van der Waals surface area (Å²) in [5.41, 5.74) is -0.0786. The van der Waals surface area contributed by atoms with Gasteiger partial charge in [-0.15, -0.1) is 0 Å². The van der Waals surface area contributed by atoms with Crippen molar-refractivity contribution < 1.29 is 17.2 Å². The van der Waals surface area contributed by atoms with Gasteiger partial charge in [-0.05, 0) is 49.4 Å². The van der Waals surface area contributed by atoms with Gasteiger partial charge >= 0.3 is 0 Å². The predicted molar refractivity (Wildman–Crippen MR) is 109 cm³/mol. The van der Waals surface area contributed by atoms with Gasteiger partial charge in [-0.3, -0.25) is 14.1 Å². The number of aromatic nitrogens is 2. The van der Waals surface area contributed by atoms with Gasteiger partial charge in [0.05, 0.1) is 22.3 Å². The normalized spacial score (nSPS) is 11.6. The van der Waals surface area contributed by atoms with Crippen LogP contribution in [0.2, 0.25) is 0 Å². The number of nitrogens with zero attached hydrogens (tertiary/aromatic N) is 2. The summed E-state index contributed by atoms with van der Waals surface area (Å²) in [5.74, 6) is -1.50. The first-order valence-electron chi connectivity index (χ1n) is 8.83. The number of aryl methyl sites for hydroxylation is 1. The SMILES string of the molecule is Cc1nc2ccccc2c(=O)n1-c1ccc(F)c(NS(=O)(=O)c2ccccc2F)c1. The standard InChI is InChI=1S/C21H15F2N3O3S/c1-13-24-18-8-4-2-6-15(18)21(27)26(13)14-10-11-16(22)19(12-14)25-30(28,29)20-9-5-3-7-17(20)23/h2-12,25H,1H3. The van der Waals surface area contributed by atoms with Crippen molar-refractivity contribution in [2.75, 3.05) is 4.72 Å². The number of para-hydroxylation sites is 1. The van der Waals surface area contributed by atoms with Gasteiger partial charge in [0, 0.05) is 0 Å². The van der Waals surface area contributed by atoms with Gasteiger partial charge < -0.3 is 0 Å². The average molecular weight is 427 g/mol. The van der Waals surface area contributed by atoms with Gasteiger partial charge in [0.15, 0.2) is 0 Å². The second-order valence-electron chi connectivity index (χ2n) is 6.52. The largest absolute Gasteiger partial charge is 0.276 e.